The highest BCUT2D eigenvalue weighted by Crippen LogP contribution is 2.17. The van der Waals surface area contributed by atoms with Crippen molar-refractivity contribution < 1.29 is 14.3 Å². The molecule has 0 spiro atoms. The molecule has 1 N–H and O–H groups in total. The van der Waals surface area contributed by atoms with Crippen molar-refractivity contribution in [3.05, 3.63) is 89.5 Å². The maximum atomic E-state index is 12.4. The van der Waals surface area contributed by atoms with Gasteiger partial charge in [0.25, 0.3) is 5.91 Å². The Bertz CT molecular complexity index is 889. The third kappa shape index (κ3) is 5.35. The van der Waals surface area contributed by atoms with Gasteiger partial charge in [0, 0.05) is 11.3 Å². The van der Waals surface area contributed by atoms with Crippen molar-refractivity contribution in [1.82, 2.24) is 0 Å². The summed E-state index contributed by atoms with van der Waals surface area (Å²) in [5.74, 6) is 1.38. The lowest BCUT2D eigenvalue weighted by Gasteiger charge is -2.10. The highest BCUT2D eigenvalue weighted by molar-refractivity contribution is 6.04. The predicted octanol–water partition coefficient (Wildman–Crippen LogP) is 5.01. The number of carbonyl (C=O) groups is 1. The van der Waals surface area contributed by atoms with E-state index < -0.39 is 0 Å². The Morgan fingerprint density at radius 1 is 0.778 bits per heavy atom. The molecular weight excluding hydrogens is 338 g/mol. The molecular formula is C23H23NO3. The van der Waals surface area contributed by atoms with Crippen molar-refractivity contribution in [3.63, 3.8) is 0 Å². The summed E-state index contributed by atoms with van der Waals surface area (Å²) >= 11 is 0. The normalized spacial score (nSPS) is 10.3. The number of rotatable bonds is 7. The fourth-order valence-corrected chi connectivity index (χ4v) is 2.56. The van der Waals surface area contributed by atoms with E-state index in [1.807, 2.05) is 62.4 Å². The molecule has 3 aromatic carbocycles. The number of hydrogen-bond donors (Lipinski definition) is 1. The minimum absolute atomic E-state index is 0.141. The van der Waals surface area contributed by atoms with Gasteiger partial charge in [-0.1, -0.05) is 24.3 Å². The molecule has 0 saturated carbocycles. The first-order chi connectivity index (χ1) is 13.1. The van der Waals surface area contributed by atoms with E-state index >= 15 is 0 Å². The van der Waals surface area contributed by atoms with Gasteiger partial charge in [-0.2, -0.15) is 0 Å². The Hall–Kier alpha value is -3.27. The summed E-state index contributed by atoms with van der Waals surface area (Å²) < 4.78 is 11.2. The number of anilines is 1. The van der Waals surface area contributed by atoms with Gasteiger partial charge in [-0.3, -0.25) is 4.79 Å². The average Bonchev–Trinajstić information content (AvgIpc) is 2.69. The molecule has 3 aromatic rings. The highest BCUT2D eigenvalue weighted by atomic mass is 16.5. The lowest BCUT2D eigenvalue weighted by molar-refractivity contribution is 0.102. The summed E-state index contributed by atoms with van der Waals surface area (Å²) in [7, 11) is 0. The lowest BCUT2D eigenvalue weighted by Crippen LogP contribution is -2.12. The van der Waals surface area contributed by atoms with Gasteiger partial charge in [-0.05, 0) is 73.5 Å². The van der Waals surface area contributed by atoms with Crippen LogP contribution in [0.15, 0.2) is 72.8 Å². The molecule has 3 rings (SSSR count). The minimum Gasteiger partial charge on any atom is -0.490 e. The first-order valence-electron chi connectivity index (χ1n) is 8.91. The van der Waals surface area contributed by atoms with Crippen LogP contribution in [-0.2, 0) is 0 Å². The van der Waals surface area contributed by atoms with Gasteiger partial charge in [0.05, 0.1) is 0 Å². The highest BCUT2D eigenvalue weighted by Gasteiger charge is 2.07. The van der Waals surface area contributed by atoms with Crippen molar-refractivity contribution in [3.8, 4) is 11.5 Å². The Kier molecular flexibility index (Phi) is 6.10. The molecule has 1 amide bonds. The van der Waals surface area contributed by atoms with E-state index in [4.69, 9.17) is 9.47 Å². The molecule has 0 unspecified atom stereocenters. The smallest absolute Gasteiger partial charge is 0.255 e. The van der Waals surface area contributed by atoms with Gasteiger partial charge in [0.15, 0.2) is 0 Å². The summed E-state index contributed by atoms with van der Waals surface area (Å²) in [6, 6.07) is 22.6. The molecule has 138 valence electrons. The van der Waals surface area contributed by atoms with Crippen LogP contribution in [0.4, 0.5) is 5.69 Å². The van der Waals surface area contributed by atoms with Crippen LogP contribution in [0.1, 0.15) is 21.5 Å². The van der Waals surface area contributed by atoms with Crippen LogP contribution in [0.25, 0.3) is 0 Å². The molecule has 0 atom stereocenters. The standard InChI is InChI=1S/C23H23NO3/c1-17-8-11-20(16-18(17)2)24-23(25)19-9-12-22(13-10-19)27-15-14-26-21-6-4-3-5-7-21/h3-13,16H,14-15H2,1-2H3,(H,24,25). The van der Waals surface area contributed by atoms with Gasteiger partial charge >= 0.3 is 0 Å². The Morgan fingerprint density at radius 3 is 2.04 bits per heavy atom. The van der Waals surface area contributed by atoms with Gasteiger partial charge in [0.2, 0.25) is 0 Å². The zero-order valence-electron chi connectivity index (χ0n) is 15.6. The maximum Gasteiger partial charge on any atom is 0.255 e. The van der Waals surface area contributed by atoms with E-state index in [0.29, 0.717) is 24.5 Å². The molecule has 27 heavy (non-hydrogen) atoms. The second kappa shape index (κ2) is 8.90. The van der Waals surface area contributed by atoms with Crippen molar-refractivity contribution in [2.75, 3.05) is 18.5 Å². The van der Waals surface area contributed by atoms with E-state index in [9.17, 15) is 4.79 Å². The fraction of sp³-hybridized carbons (Fsp3) is 0.174. The summed E-state index contributed by atoms with van der Waals surface area (Å²) in [5, 5.41) is 2.92. The third-order valence-corrected chi connectivity index (χ3v) is 4.25. The zero-order chi connectivity index (χ0) is 19.1. The molecule has 4 nitrogen and oxygen atoms in total. The quantitative estimate of drug-likeness (QED) is 0.602. The maximum absolute atomic E-state index is 12.4. The Balaban J connectivity index is 1.49. The monoisotopic (exact) mass is 361 g/mol. The van der Waals surface area contributed by atoms with Gasteiger partial charge < -0.3 is 14.8 Å². The number of amides is 1. The average molecular weight is 361 g/mol. The van der Waals surface area contributed by atoms with Crippen LogP contribution in [0.2, 0.25) is 0 Å². The molecule has 0 aliphatic heterocycles. The second-order valence-electron chi connectivity index (χ2n) is 6.29. The number of para-hydroxylation sites is 1. The van der Waals surface area contributed by atoms with Gasteiger partial charge in [-0.25, -0.2) is 0 Å². The summed E-state index contributed by atoms with van der Waals surface area (Å²) in [6.45, 7) is 4.96. The molecule has 4 heteroatoms. The minimum atomic E-state index is -0.141. The van der Waals surface area contributed by atoms with E-state index in [-0.39, 0.29) is 5.91 Å². The Morgan fingerprint density at radius 2 is 1.41 bits per heavy atom. The van der Waals surface area contributed by atoms with E-state index in [2.05, 4.69) is 5.32 Å². The third-order valence-electron chi connectivity index (χ3n) is 4.25. The van der Waals surface area contributed by atoms with E-state index in [1.54, 1.807) is 24.3 Å². The lowest BCUT2D eigenvalue weighted by atomic mass is 10.1. The number of hydrogen-bond acceptors (Lipinski definition) is 3. The molecule has 0 fully saturated rings. The number of carbonyl (C=O) groups excluding carboxylic acids is 1. The SMILES string of the molecule is Cc1ccc(NC(=O)c2ccc(OCCOc3ccccc3)cc2)cc1C. The van der Waals surface area contributed by atoms with Crippen LogP contribution in [0, 0.1) is 13.8 Å². The molecule has 0 bridgehead atoms. The van der Waals surface area contributed by atoms with Crippen molar-refractivity contribution in [1.29, 1.82) is 0 Å². The molecule has 0 aliphatic carbocycles. The first kappa shape index (κ1) is 18.5. The first-order valence-corrected chi connectivity index (χ1v) is 8.91. The molecule has 0 aromatic heterocycles. The molecule has 0 aliphatic rings. The molecule has 0 saturated heterocycles. The summed E-state index contributed by atoms with van der Waals surface area (Å²) in [6.07, 6.45) is 0. The summed E-state index contributed by atoms with van der Waals surface area (Å²) in [4.78, 5) is 12.4. The molecule has 0 heterocycles. The molecule has 0 radical (unpaired) electrons. The van der Waals surface area contributed by atoms with Crippen LogP contribution in [-0.4, -0.2) is 19.1 Å². The van der Waals surface area contributed by atoms with E-state index in [1.165, 1.54) is 5.56 Å². The van der Waals surface area contributed by atoms with Gasteiger partial charge in [0.1, 0.15) is 24.7 Å². The van der Waals surface area contributed by atoms with Crippen LogP contribution >= 0.6 is 0 Å². The zero-order valence-corrected chi connectivity index (χ0v) is 15.6. The fourth-order valence-electron chi connectivity index (χ4n) is 2.56. The number of aryl methyl sites for hydroxylation is 2. The number of ether oxygens (including phenoxy) is 2. The summed E-state index contributed by atoms with van der Waals surface area (Å²) in [5.41, 5.74) is 3.72. The largest absolute Gasteiger partial charge is 0.490 e. The van der Waals surface area contributed by atoms with Crippen molar-refractivity contribution in [2.45, 2.75) is 13.8 Å². The van der Waals surface area contributed by atoms with Crippen LogP contribution < -0.4 is 14.8 Å². The van der Waals surface area contributed by atoms with Gasteiger partial charge in [-0.15, -0.1) is 0 Å². The Labute approximate surface area is 159 Å². The number of benzene rings is 3. The van der Waals surface area contributed by atoms with Crippen molar-refractivity contribution >= 4 is 11.6 Å². The van der Waals surface area contributed by atoms with E-state index in [0.717, 1.165) is 17.0 Å². The second-order valence-corrected chi connectivity index (χ2v) is 6.29. The van der Waals surface area contributed by atoms with Crippen molar-refractivity contribution in [2.24, 2.45) is 0 Å². The number of nitrogens with one attached hydrogen (secondary N) is 1. The predicted molar refractivity (Wildman–Crippen MR) is 108 cm³/mol. The topological polar surface area (TPSA) is 47.6 Å². The van der Waals surface area contributed by atoms with Crippen LogP contribution in [0.5, 0.6) is 11.5 Å². The van der Waals surface area contributed by atoms with Crippen LogP contribution in [0.3, 0.4) is 0 Å².